The quantitative estimate of drug-likeness (QED) is 0.723. The van der Waals surface area contributed by atoms with E-state index in [2.05, 4.69) is 4.74 Å². The van der Waals surface area contributed by atoms with E-state index in [-0.39, 0.29) is 19.0 Å². The molecule has 0 bridgehead atoms. The lowest BCUT2D eigenvalue weighted by Crippen LogP contribution is -2.50. The highest BCUT2D eigenvalue weighted by atomic mass is 19.4. The molecule has 2 N–H and O–H groups in total. The van der Waals surface area contributed by atoms with E-state index >= 15 is 0 Å². The fourth-order valence-corrected chi connectivity index (χ4v) is 2.35. The number of rotatable bonds is 5. The minimum absolute atomic E-state index is 0.129. The van der Waals surface area contributed by atoms with Crippen molar-refractivity contribution in [3.05, 3.63) is 0 Å². The second-order valence-electron chi connectivity index (χ2n) is 5.25. The van der Waals surface area contributed by atoms with E-state index in [4.69, 9.17) is 0 Å². The lowest BCUT2D eigenvalue weighted by Gasteiger charge is -2.34. The van der Waals surface area contributed by atoms with Gasteiger partial charge >= 0.3 is 18.2 Å². The number of carbonyl (C=O) groups excluding carboxylic acids is 3. The maximum atomic E-state index is 12.0. The molecule has 0 aliphatic carbocycles. The minimum atomic E-state index is -4.54. The Morgan fingerprint density at radius 3 is 2.57 bits per heavy atom. The molecule has 1 rings (SSSR count). The SMILES string of the molecule is COC(=O)C[C@H]1CCCCN1CC(=O)NC(=O)NCC(F)(F)F. The van der Waals surface area contributed by atoms with E-state index in [0.29, 0.717) is 13.0 Å². The predicted octanol–water partition coefficient (Wildman–Crippen LogP) is 0.792. The van der Waals surface area contributed by atoms with Crippen LogP contribution in [0, 0.1) is 0 Å². The fourth-order valence-electron chi connectivity index (χ4n) is 2.35. The molecule has 0 aromatic rings. The first kappa shape index (κ1) is 19.2. The molecular weight excluding hydrogens is 319 g/mol. The van der Waals surface area contributed by atoms with E-state index in [1.54, 1.807) is 10.2 Å². The van der Waals surface area contributed by atoms with Gasteiger partial charge < -0.3 is 10.1 Å². The first-order chi connectivity index (χ1) is 10.7. The van der Waals surface area contributed by atoms with Gasteiger partial charge in [-0.1, -0.05) is 6.42 Å². The number of likely N-dealkylation sites (tertiary alicyclic amines) is 1. The summed E-state index contributed by atoms with van der Waals surface area (Å²) in [5.74, 6) is -1.12. The molecule has 0 unspecified atom stereocenters. The molecule has 0 saturated carbocycles. The van der Waals surface area contributed by atoms with Crippen LogP contribution in [0.15, 0.2) is 0 Å². The number of carbonyl (C=O) groups is 3. The molecule has 10 heteroatoms. The Morgan fingerprint density at radius 2 is 1.96 bits per heavy atom. The van der Waals surface area contributed by atoms with Gasteiger partial charge in [0.2, 0.25) is 5.91 Å². The number of esters is 1. The summed E-state index contributed by atoms with van der Waals surface area (Å²) in [6, 6.07) is -1.38. The topological polar surface area (TPSA) is 87.7 Å². The number of ether oxygens (including phenoxy) is 1. The molecule has 1 aliphatic rings. The molecule has 1 fully saturated rings. The normalized spacial score (nSPS) is 19.0. The van der Waals surface area contributed by atoms with Crippen LogP contribution in [-0.2, 0) is 14.3 Å². The standard InChI is InChI=1S/C13H20F3N3O4/c1-23-11(21)6-9-4-2-3-5-19(9)7-10(20)18-12(22)17-8-13(14,15)16/h9H,2-8H2,1H3,(H2,17,18,20,22)/t9-/m1/s1. The number of methoxy groups -OCH3 is 1. The highest BCUT2D eigenvalue weighted by molar-refractivity contribution is 5.95. The van der Waals surface area contributed by atoms with Gasteiger partial charge in [0.1, 0.15) is 6.54 Å². The average Bonchev–Trinajstić information content (AvgIpc) is 2.46. The summed E-state index contributed by atoms with van der Waals surface area (Å²) < 4.78 is 40.5. The zero-order valence-corrected chi connectivity index (χ0v) is 12.7. The lowest BCUT2D eigenvalue weighted by atomic mass is 9.99. The van der Waals surface area contributed by atoms with Gasteiger partial charge in [-0.25, -0.2) is 4.79 Å². The third kappa shape index (κ3) is 7.82. The zero-order valence-electron chi connectivity index (χ0n) is 12.7. The molecule has 0 aromatic heterocycles. The van der Waals surface area contributed by atoms with Crippen molar-refractivity contribution in [2.75, 3.05) is 26.7 Å². The minimum Gasteiger partial charge on any atom is -0.469 e. The van der Waals surface area contributed by atoms with Crippen molar-refractivity contribution < 1.29 is 32.3 Å². The molecule has 1 aliphatic heterocycles. The van der Waals surface area contributed by atoms with E-state index in [1.165, 1.54) is 7.11 Å². The molecule has 7 nitrogen and oxygen atoms in total. The van der Waals surface area contributed by atoms with Crippen LogP contribution in [0.1, 0.15) is 25.7 Å². The molecule has 132 valence electrons. The number of imide groups is 1. The van der Waals surface area contributed by atoms with Gasteiger partial charge in [0.15, 0.2) is 0 Å². The number of alkyl halides is 3. The van der Waals surface area contributed by atoms with Crippen molar-refractivity contribution in [1.29, 1.82) is 0 Å². The van der Waals surface area contributed by atoms with Crippen molar-refractivity contribution in [2.24, 2.45) is 0 Å². The van der Waals surface area contributed by atoms with Crippen LogP contribution in [0.5, 0.6) is 0 Å². The Morgan fingerprint density at radius 1 is 1.26 bits per heavy atom. The molecule has 1 atom stereocenters. The van der Waals surface area contributed by atoms with Gasteiger partial charge in [-0.15, -0.1) is 0 Å². The summed E-state index contributed by atoms with van der Waals surface area (Å²) >= 11 is 0. The van der Waals surface area contributed by atoms with Gasteiger partial charge in [0.25, 0.3) is 0 Å². The summed E-state index contributed by atoms with van der Waals surface area (Å²) in [5.41, 5.74) is 0. The highest BCUT2D eigenvalue weighted by Gasteiger charge is 2.29. The Kier molecular flexibility index (Phi) is 7.27. The van der Waals surface area contributed by atoms with E-state index in [0.717, 1.165) is 12.8 Å². The number of piperidine rings is 1. The monoisotopic (exact) mass is 339 g/mol. The number of nitrogens with zero attached hydrogens (tertiary/aromatic N) is 1. The van der Waals surface area contributed by atoms with Gasteiger partial charge in [-0.2, -0.15) is 13.2 Å². The molecule has 3 amide bonds. The largest absolute Gasteiger partial charge is 0.469 e. The number of urea groups is 1. The second-order valence-corrected chi connectivity index (χ2v) is 5.25. The van der Waals surface area contributed by atoms with Crippen molar-refractivity contribution in [1.82, 2.24) is 15.5 Å². The van der Waals surface area contributed by atoms with Crippen molar-refractivity contribution >= 4 is 17.9 Å². The number of amides is 3. The Balaban J connectivity index is 2.44. The van der Waals surface area contributed by atoms with Crippen molar-refractivity contribution in [3.63, 3.8) is 0 Å². The smallest absolute Gasteiger partial charge is 0.405 e. The van der Waals surface area contributed by atoms with Crippen LogP contribution < -0.4 is 10.6 Å². The van der Waals surface area contributed by atoms with Crippen LogP contribution in [-0.4, -0.2) is 61.8 Å². The third-order valence-corrected chi connectivity index (χ3v) is 3.43. The van der Waals surface area contributed by atoms with Crippen LogP contribution in [0.25, 0.3) is 0 Å². The highest BCUT2D eigenvalue weighted by Crippen LogP contribution is 2.19. The molecule has 0 aromatic carbocycles. The van der Waals surface area contributed by atoms with Crippen LogP contribution >= 0.6 is 0 Å². The maximum Gasteiger partial charge on any atom is 0.405 e. The number of nitrogens with one attached hydrogen (secondary N) is 2. The first-order valence-corrected chi connectivity index (χ1v) is 7.16. The predicted molar refractivity (Wildman–Crippen MR) is 73.4 cm³/mol. The van der Waals surface area contributed by atoms with Gasteiger partial charge in [-0.3, -0.25) is 19.8 Å². The molecule has 0 radical (unpaired) electrons. The zero-order chi connectivity index (χ0) is 17.5. The van der Waals surface area contributed by atoms with Gasteiger partial charge in [0, 0.05) is 6.04 Å². The first-order valence-electron chi connectivity index (χ1n) is 7.16. The van der Waals surface area contributed by atoms with Gasteiger partial charge in [0.05, 0.1) is 20.1 Å². The van der Waals surface area contributed by atoms with Crippen molar-refractivity contribution in [3.8, 4) is 0 Å². The second kappa shape index (κ2) is 8.70. The molecular formula is C13H20F3N3O4. The molecule has 1 saturated heterocycles. The summed E-state index contributed by atoms with van der Waals surface area (Å²) in [6.07, 6.45) is -1.96. The van der Waals surface area contributed by atoms with Crippen LogP contribution in [0.4, 0.5) is 18.0 Å². The van der Waals surface area contributed by atoms with E-state index in [9.17, 15) is 27.6 Å². The molecule has 0 spiro atoms. The summed E-state index contributed by atoms with van der Waals surface area (Å²) in [6.45, 7) is -1.11. The van der Waals surface area contributed by atoms with E-state index in [1.807, 2.05) is 5.32 Å². The summed E-state index contributed by atoms with van der Waals surface area (Å²) in [4.78, 5) is 36.0. The van der Waals surface area contributed by atoms with Crippen molar-refractivity contribution in [2.45, 2.75) is 37.9 Å². The van der Waals surface area contributed by atoms with Crippen LogP contribution in [0.2, 0.25) is 0 Å². The molecule has 23 heavy (non-hydrogen) atoms. The number of hydrogen-bond donors (Lipinski definition) is 2. The lowest BCUT2D eigenvalue weighted by molar-refractivity contribution is -0.143. The maximum absolute atomic E-state index is 12.0. The number of hydrogen-bond acceptors (Lipinski definition) is 5. The Bertz CT molecular complexity index is 443. The summed E-state index contributed by atoms with van der Waals surface area (Å²) in [5, 5.41) is 3.40. The van der Waals surface area contributed by atoms with E-state index < -0.39 is 30.6 Å². The van der Waals surface area contributed by atoms with Gasteiger partial charge in [-0.05, 0) is 19.4 Å². The number of halogens is 3. The Hall–Kier alpha value is -1.84. The average molecular weight is 339 g/mol. The molecule has 1 heterocycles. The fraction of sp³-hybridized carbons (Fsp3) is 0.769. The third-order valence-electron chi connectivity index (χ3n) is 3.43. The van der Waals surface area contributed by atoms with Crippen LogP contribution in [0.3, 0.4) is 0 Å². The Labute approximate surface area is 131 Å². The summed E-state index contributed by atoms with van der Waals surface area (Å²) in [7, 11) is 1.27.